The summed E-state index contributed by atoms with van der Waals surface area (Å²) >= 11 is 0. The molecule has 2 aromatic carbocycles. The van der Waals surface area contributed by atoms with Crippen LogP contribution in [0.1, 0.15) is 22.3 Å². The number of hydrogen-bond donors (Lipinski definition) is 2. The third-order valence-electron chi connectivity index (χ3n) is 3.72. The van der Waals surface area contributed by atoms with Crippen molar-refractivity contribution in [2.75, 3.05) is 6.54 Å². The second-order valence-electron chi connectivity index (χ2n) is 5.07. The first kappa shape index (κ1) is 12.4. The normalized spacial score (nSPS) is 14.1. The Balaban J connectivity index is 1.64. The lowest BCUT2D eigenvalue weighted by atomic mass is 9.95. The van der Waals surface area contributed by atoms with Crippen LogP contribution in [0.15, 0.2) is 48.5 Å². The van der Waals surface area contributed by atoms with Crippen molar-refractivity contribution in [3.8, 4) is 0 Å². The van der Waals surface area contributed by atoms with Gasteiger partial charge >= 0.3 is 0 Å². The van der Waals surface area contributed by atoms with Gasteiger partial charge in [-0.25, -0.2) is 0 Å². The van der Waals surface area contributed by atoms with E-state index in [0.29, 0.717) is 0 Å². The van der Waals surface area contributed by atoms with Gasteiger partial charge in [0.15, 0.2) is 0 Å². The van der Waals surface area contributed by atoms with Gasteiger partial charge in [0, 0.05) is 19.6 Å². The van der Waals surface area contributed by atoms with E-state index >= 15 is 0 Å². The van der Waals surface area contributed by atoms with Gasteiger partial charge in [0.2, 0.25) is 0 Å². The van der Waals surface area contributed by atoms with Crippen LogP contribution in [0.3, 0.4) is 0 Å². The van der Waals surface area contributed by atoms with Crippen molar-refractivity contribution < 1.29 is 0 Å². The van der Waals surface area contributed by atoms with E-state index in [9.17, 15) is 0 Å². The monoisotopic (exact) mass is 252 g/mol. The summed E-state index contributed by atoms with van der Waals surface area (Å²) in [4.78, 5) is 0. The lowest BCUT2D eigenvalue weighted by Crippen LogP contribution is -2.25. The van der Waals surface area contributed by atoms with Crippen molar-refractivity contribution in [2.45, 2.75) is 26.1 Å². The van der Waals surface area contributed by atoms with Crippen molar-refractivity contribution >= 4 is 0 Å². The van der Waals surface area contributed by atoms with Crippen molar-refractivity contribution in [1.82, 2.24) is 10.6 Å². The smallest absolute Gasteiger partial charge is 0.0211 e. The van der Waals surface area contributed by atoms with E-state index in [-0.39, 0.29) is 0 Å². The van der Waals surface area contributed by atoms with Crippen LogP contribution in [0.4, 0.5) is 0 Å². The molecule has 2 nitrogen and oxygen atoms in total. The Labute approximate surface area is 114 Å². The van der Waals surface area contributed by atoms with E-state index in [4.69, 9.17) is 0 Å². The summed E-state index contributed by atoms with van der Waals surface area (Å²) in [6.45, 7) is 4.01. The largest absolute Gasteiger partial charge is 0.312 e. The average Bonchev–Trinajstić information content (AvgIpc) is 2.49. The Morgan fingerprint density at radius 1 is 0.947 bits per heavy atom. The summed E-state index contributed by atoms with van der Waals surface area (Å²) < 4.78 is 0. The molecule has 0 amide bonds. The topological polar surface area (TPSA) is 24.1 Å². The Morgan fingerprint density at radius 2 is 1.84 bits per heavy atom. The molecule has 0 spiro atoms. The van der Waals surface area contributed by atoms with Crippen molar-refractivity contribution in [1.29, 1.82) is 0 Å². The van der Waals surface area contributed by atoms with Gasteiger partial charge in [-0.15, -0.1) is 0 Å². The van der Waals surface area contributed by atoms with Gasteiger partial charge in [0.25, 0.3) is 0 Å². The fraction of sp³-hybridized carbons (Fsp3) is 0.294. The number of nitrogens with one attached hydrogen (secondary N) is 2. The van der Waals surface area contributed by atoms with Crippen LogP contribution in [0.5, 0.6) is 0 Å². The SMILES string of the molecule is c1ccc(CNCc2cccc3c2CCNC3)cc1. The highest BCUT2D eigenvalue weighted by Gasteiger charge is 2.11. The Hall–Kier alpha value is -1.64. The van der Waals surface area contributed by atoms with Gasteiger partial charge in [0.1, 0.15) is 0 Å². The molecule has 0 aromatic heterocycles. The second kappa shape index (κ2) is 6.00. The molecule has 2 N–H and O–H groups in total. The standard InChI is InChI=1S/C17H20N2/c1-2-5-14(6-3-1)11-19-13-16-8-4-7-15-12-18-10-9-17(15)16/h1-8,18-19H,9-13H2. The maximum atomic E-state index is 3.55. The molecule has 0 fully saturated rings. The molecule has 0 atom stereocenters. The Kier molecular flexibility index (Phi) is 3.92. The summed E-state index contributed by atoms with van der Waals surface area (Å²) in [7, 11) is 0. The molecule has 0 unspecified atom stereocenters. The maximum absolute atomic E-state index is 3.55. The molecule has 1 aliphatic heterocycles. The van der Waals surface area contributed by atoms with Gasteiger partial charge in [-0.3, -0.25) is 0 Å². The van der Waals surface area contributed by atoms with E-state index in [2.05, 4.69) is 59.2 Å². The summed E-state index contributed by atoms with van der Waals surface area (Å²) in [5.41, 5.74) is 5.80. The first-order valence-corrected chi connectivity index (χ1v) is 6.98. The van der Waals surface area contributed by atoms with Gasteiger partial charge < -0.3 is 10.6 Å². The zero-order valence-electron chi connectivity index (χ0n) is 11.2. The van der Waals surface area contributed by atoms with Crippen molar-refractivity contribution in [3.05, 3.63) is 70.8 Å². The fourth-order valence-electron chi connectivity index (χ4n) is 2.71. The van der Waals surface area contributed by atoms with Crippen LogP contribution in [0, 0.1) is 0 Å². The third kappa shape index (κ3) is 3.03. The highest BCUT2D eigenvalue weighted by molar-refractivity contribution is 5.37. The summed E-state index contributed by atoms with van der Waals surface area (Å²) in [5, 5.41) is 6.98. The van der Waals surface area contributed by atoms with E-state index in [0.717, 1.165) is 32.6 Å². The predicted molar refractivity (Wildman–Crippen MR) is 78.8 cm³/mol. The average molecular weight is 252 g/mol. The first-order valence-electron chi connectivity index (χ1n) is 6.98. The molecular weight excluding hydrogens is 232 g/mol. The number of benzene rings is 2. The quantitative estimate of drug-likeness (QED) is 0.874. The molecule has 0 radical (unpaired) electrons. The van der Waals surface area contributed by atoms with Gasteiger partial charge in [-0.2, -0.15) is 0 Å². The van der Waals surface area contributed by atoms with Crippen molar-refractivity contribution in [3.63, 3.8) is 0 Å². The highest BCUT2D eigenvalue weighted by Crippen LogP contribution is 2.18. The van der Waals surface area contributed by atoms with Crippen LogP contribution in [-0.2, 0) is 26.1 Å². The predicted octanol–water partition coefficient (Wildman–Crippen LogP) is 2.62. The molecular formula is C17H20N2. The molecule has 1 aliphatic rings. The molecule has 3 rings (SSSR count). The fourth-order valence-corrected chi connectivity index (χ4v) is 2.71. The van der Waals surface area contributed by atoms with E-state index in [1.807, 2.05) is 0 Å². The molecule has 0 bridgehead atoms. The minimum absolute atomic E-state index is 0.933. The first-order chi connectivity index (χ1) is 9.43. The lowest BCUT2D eigenvalue weighted by Gasteiger charge is -2.20. The van der Waals surface area contributed by atoms with Gasteiger partial charge in [-0.1, -0.05) is 48.5 Å². The van der Waals surface area contributed by atoms with Gasteiger partial charge in [-0.05, 0) is 35.2 Å². The minimum atomic E-state index is 0.933. The molecule has 1 heterocycles. The summed E-state index contributed by atoms with van der Waals surface area (Å²) in [5.74, 6) is 0. The van der Waals surface area contributed by atoms with Crippen LogP contribution in [0.25, 0.3) is 0 Å². The number of hydrogen-bond acceptors (Lipinski definition) is 2. The highest BCUT2D eigenvalue weighted by atomic mass is 14.9. The molecule has 2 heteroatoms. The summed E-state index contributed by atoms with van der Waals surface area (Å²) in [6.07, 6.45) is 1.15. The number of rotatable bonds is 4. The van der Waals surface area contributed by atoms with Gasteiger partial charge in [0.05, 0.1) is 0 Å². The van der Waals surface area contributed by atoms with Crippen LogP contribution in [0.2, 0.25) is 0 Å². The molecule has 0 saturated heterocycles. The van der Waals surface area contributed by atoms with Crippen LogP contribution < -0.4 is 10.6 Å². The Morgan fingerprint density at radius 3 is 2.74 bits per heavy atom. The molecule has 0 aliphatic carbocycles. The summed E-state index contributed by atoms with van der Waals surface area (Å²) in [6, 6.07) is 17.2. The lowest BCUT2D eigenvalue weighted by molar-refractivity contribution is 0.626. The van der Waals surface area contributed by atoms with Crippen molar-refractivity contribution in [2.24, 2.45) is 0 Å². The molecule has 98 valence electrons. The van der Waals surface area contributed by atoms with E-state index in [1.54, 1.807) is 5.56 Å². The van der Waals surface area contributed by atoms with E-state index in [1.165, 1.54) is 16.7 Å². The molecule has 19 heavy (non-hydrogen) atoms. The molecule has 0 saturated carbocycles. The van der Waals surface area contributed by atoms with E-state index < -0.39 is 0 Å². The van der Waals surface area contributed by atoms with Crippen LogP contribution >= 0.6 is 0 Å². The zero-order chi connectivity index (χ0) is 12.9. The third-order valence-corrected chi connectivity index (χ3v) is 3.72. The maximum Gasteiger partial charge on any atom is 0.0211 e. The second-order valence-corrected chi connectivity index (χ2v) is 5.07. The number of fused-ring (bicyclic) bond motifs is 1. The minimum Gasteiger partial charge on any atom is -0.312 e. The Bertz CT molecular complexity index is 534. The molecule has 2 aromatic rings. The zero-order valence-corrected chi connectivity index (χ0v) is 11.2. The van der Waals surface area contributed by atoms with Crippen LogP contribution in [-0.4, -0.2) is 6.54 Å².